The van der Waals surface area contributed by atoms with Crippen molar-refractivity contribution < 1.29 is 4.79 Å². The Hall–Kier alpha value is -1.36. The van der Waals surface area contributed by atoms with Crippen molar-refractivity contribution in [2.75, 3.05) is 6.54 Å². The number of fused-ring (bicyclic) bond motifs is 2. The lowest BCUT2D eigenvalue weighted by molar-refractivity contribution is 0.0951. The SMILES string of the molecule is Cl.Cl.NC(CNC(=O)c1c2c(nc3ccccc13)CCC2)C1CC1. The van der Waals surface area contributed by atoms with E-state index in [0.29, 0.717) is 12.5 Å². The monoisotopic (exact) mass is 367 g/mol. The predicted octanol–water partition coefficient (Wildman–Crippen LogP) is 3.03. The first-order valence-electron chi connectivity index (χ1n) is 8.18. The third-order valence-corrected chi connectivity index (χ3v) is 4.87. The second-order valence-corrected chi connectivity index (χ2v) is 6.49. The van der Waals surface area contributed by atoms with E-state index < -0.39 is 0 Å². The smallest absolute Gasteiger partial charge is 0.252 e. The number of benzene rings is 1. The van der Waals surface area contributed by atoms with Crippen molar-refractivity contribution in [3.8, 4) is 0 Å². The number of para-hydroxylation sites is 1. The Morgan fingerprint density at radius 1 is 1.25 bits per heavy atom. The number of hydrogen-bond acceptors (Lipinski definition) is 3. The summed E-state index contributed by atoms with van der Waals surface area (Å²) >= 11 is 0. The molecule has 0 saturated heterocycles. The molecule has 6 heteroatoms. The van der Waals surface area contributed by atoms with Crippen molar-refractivity contribution in [2.45, 2.75) is 38.1 Å². The summed E-state index contributed by atoms with van der Waals surface area (Å²) in [4.78, 5) is 17.5. The van der Waals surface area contributed by atoms with Crippen LogP contribution in [0, 0.1) is 5.92 Å². The zero-order valence-corrected chi connectivity index (χ0v) is 15.1. The minimum atomic E-state index is 0. The van der Waals surface area contributed by atoms with Crippen LogP contribution in [0.3, 0.4) is 0 Å². The molecule has 2 aliphatic rings. The summed E-state index contributed by atoms with van der Waals surface area (Å²) in [5, 5.41) is 4.01. The maximum absolute atomic E-state index is 12.8. The van der Waals surface area contributed by atoms with Gasteiger partial charge in [0.05, 0.1) is 11.1 Å². The fourth-order valence-corrected chi connectivity index (χ4v) is 3.46. The summed E-state index contributed by atoms with van der Waals surface area (Å²) in [6, 6.07) is 8.02. The van der Waals surface area contributed by atoms with E-state index in [-0.39, 0.29) is 36.8 Å². The maximum Gasteiger partial charge on any atom is 0.252 e. The topological polar surface area (TPSA) is 68.0 Å². The molecule has 0 bridgehead atoms. The number of aryl methyl sites for hydroxylation is 1. The molecule has 0 aliphatic heterocycles. The van der Waals surface area contributed by atoms with Gasteiger partial charge < -0.3 is 11.1 Å². The third kappa shape index (κ3) is 3.51. The van der Waals surface area contributed by atoms with Crippen LogP contribution >= 0.6 is 24.8 Å². The van der Waals surface area contributed by atoms with Crippen molar-refractivity contribution in [1.29, 1.82) is 0 Å². The van der Waals surface area contributed by atoms with Crippen LogP contribution in [0.2, 0.25) is 0 Å². The van der Waals surface area contributed by atoms with Crippen LogP contribution in [0.15, 0.2) is 24.3 Å². The standard InChI is InChI=1S/C18H21N3O.2ClH/c19-14(11-8-9-11)10-20-18(22)17-12-4-1-2-6-15(12)21-16-7-3-5-13(16)17;;/h1-2,4,6,11,14H,3,5,7-10,19H2,(H,20,22);2*1H. The van der Waals surface area contributed by atoms with Gasteiger partial charge in [0.25, 0.3) is 5.91 Å². The number of pyridine rings is 1. The molecule has 1 heterocycles. The number of rotatable bonds is 4. The van der Waals surface area contributed by atoms with Gasteiger partial charge in [0, 0.05) is 23.7 Å². The first-order valence-corrected chi connectivity index (χ1v) is 8.18. The van der Waals surface area contributed by atoms with Crippen LogP contribution in [-0.4, -0.2) is 23.5 Å². The largest absolute Gasteiger partial charge is 0.350 e. The van der Waals surface area contributed by atoms with Crippen LogP contribution in [0.1, 0.15) is 40.9 Å². The first-order chi connectivity index (χ1) is 10.7. The highest BCUT2D eigenvalue weighted by Crippen LogP contribution is 2.32. The lowest BCUT2D eigenvalue weighted by Crippen LogP contribution is -2.39. The number of nitrogens with zero attached hydrogens (tertiary/aromatic N) is 1. The number of nitrogens with one attached hydrogen (secondary N) is 1. The third-order valence-electron chi connectivity index (χ3n) is 4.87. The summed E-state index contributed by atoms with van der Waals surface area (Å²) in [7, 11) is 0. The first kappa shape index (κ1) is 19.0. The molecule has 0 spiro atoms. The maximum atomic E-state index is 12.8. The van der Waals surface area contributed by atoms with Gasteiger partial charge in [-0.25, -0.2) is 0 Å². The molecule has 1 aromatic carbocycles. The molecule has 4 rings (SSSR count). The van der Waals surface area contributed by atoms with Gasteiger partial charge in [-0.1, -0.05) is 18.2 Å². The second-order valence-electron chi connectivity index (χ2n) is 6.49. The van der Waals surface area contributed by atoms with Gasteiger partial charge >= 0.3 is 0 Å². The van der Waals surface area contributed by atoms with Crippen LogP contribution in [-0.2, 0) is 12.8 Å². The highest BCUT2D eigenvalue weighted by molar-refractivity contribution is 6.07. The number of halogens is 2. The lowest BCUT2D eigenvalue weighted by atomic mass is 10.0. The summed E-state index contributed by atoms with van der Waals surface area (Å²) in [5.74, 6) is 0.605. The molecule has 2 aliphatic carbocycles. The average molecular weight is 368 g/mol. The van der Waals surface area contributed by atoms with Crippen molar-refractivity contribution in [1.82, 2.24) is 10.3 Å². The second kappa shape index (κ2) is 7.68. The van der Waals surface area contributed by atoms with Crippen LogP contribution in [0.5, 0.6) is 0 Å². The summed E-state index contributed by atoms with van der Waals surface area (Å²) < 4.78 is 0. The lowest BCUT2D eigenvalue weighted by Gasteiger charge is -2.15. The molecule has 1 unspecified atom stereocenters. The molecule has 130 valence electrons. The minimum absolute atomic E-state index is 0. The van der Waals surface area contributed by atoms with Crippen molar-refractivity contribution in [3.05, 3.63) is 41.1 Å². The van der Waals surface area contributed by atoms with Gasteiger partial charge in [0.2, 0.25) is 0 Å². The fourth-order valence-electron chi connectivity index (χ4n) is 3.46. The van der Waals surface area contributed by atoms with E-state index >= 15 is 0 Å². The Kier molecular flexibility index (Phi) is 6.07. The summed E-state index contributed by atoms with van der Waals surface area (Å²) in [5.41, 5.74) is 10.1. The molecule has 1 atom stereocenters. The Balaban J connectivity index is 0.00000104. The molecule has 3 N–H and O–H groups in total. The van der Waals surface area contributed by atoms with E-state index in [0.717, 1.165) is 47.0 Å². The van der Waals surface area contributed by atoms with E-state index in [1.807, 2.05) is 24.3 Å². The highest BCUT2D eigenvalue weighted by Gasteiger charge is 2.29. The molecule has 1 fully saturated rings. The Labute approximate surface area is 154 Å². The van der Waals surface area contributed by atoms with E-state index in [9.17, 15) is 4.79 Å². The van der Waals surface area contributed by atoms with Crippen LogP contribution < -0.4 is 11.1 Å². The van der Waals surface area contributed by atoms with Gasteiger partial charge in [-0.2, -0.15) is 0 Å². The predicted molar refractivity (Wildman–Crippen MR) is 101 cm³/mol. The molecular weight excluding hydrogens is 345 g/mol. The molecule has 0 radical (unpaired) electrons. The Morgan fingerprint density at radius 2 is 2.00 bits per heavy atom. The van der Waals surface area contributed by atoms with E-state index in [4.69, 9.17) is 10.7 Å². The Bertz CT molecular complexity index is 746. The number of amides is 1. The van der Waals surface area contributed by atoms with Crippen molar-refractivity contribution >= 4 is 41.6 Å². The molecule has 1 amide bonds. The zero-order chi connectivity index (χ0) is 15.1. The van der Waals surface area contributed by atoms with Crippen LogP contribution in [0.25, 0.3) is 10.9 Å². The number of nitrogens with two attached hydrogens (primary N) is 1. The number of aromatic nitrogens is 1. The molecule has 1 saturated carbocycles. The molecular formula is C18H23Cl2N3O. The van der Waals surface area contributed by atoms with Crippen molar-refractivity contribution in [3.63, 3.8) is 0 Å². The number of carbonyl (C=O) groups excluding carboxylic acids is 1. The average Bonchev–Trinajstić information content (AvgIpc) is 3.29. The summed E-state index contributed by atoms with van der Waals surface area (Å²) in [6.07, 6.45) is 5.41. The van der Waals surface area contributed by atoms with Crippen molar-refractivity contribution in [2.24, 2.45) is 11.7 Å². The Morgan fingerprint density at radius 3 is 2.75 bits per heavy atom. The highest BCUT2D eigenvalue weighted by atomic mass is 35.5. The van der Waals surface area contributed by atoms with Gasteiger partial charge in [-0.05, 0) is 49.7 Å². The molecule has 4 nitrogen and oxygen atoms in total. The van der Waals surface area contributed by atoms with Crippen LogP contribution in [0.4, 0.5) is 0 Å². The zero-order valence-electron chi connectivity index (χ0n) is 13.5. The quantitative estimate of drug-likeness (QED) is 0.872. The van der Waals surface area contributed by atoms with Gasteiger partial charge in [-0.15, -0.1) is 24.8 Å². The minimum Gasteiger partial charge on any atom is -0.350 e. The van der Waals surface area contributed by atoms with Gasteiger partial charge in [0.1, 0.15) is 0 Å². The van der Waals surface area contributed by atoms with Gasteiger partial charge in [-0.3, -0.25) is 9.78 Å². The molecule has 2 aromatic rings. The summed E-state index contributed by atoms with van der Waals surface area (Å²) in [6.45, 7) is 0.564. The molecule has 24 heavy (non-hydrogen) atoms. The van der Waals surface area contributed by atoms with E-state index in [1.54, 1.807) is 0 Å². The number of carbonyl (C=O) groups is 1. The number of hydrogen-bond donors (Lipinski definition) is 2. The van der Waals surface area contributed by atoms with E-state index in [2.05, 4.69) is 5.32 Å². The normalized spacial score (nSPS) is 16.7. The fraction of sp³-hybridized carbons (Fsp3) is 0.444. The van der Waals surface area contributed by atoms with Gasteiger partial charge in [0.15, 0.2) is 0 Å². The molecule has 1 aromatic heterocycles. The van der Waals surface area contributed by atoms with E-state index in [1.165, 1.54) is 12.8 Å².